The minimum Gasteiger partial charge on any atom is -0.467 e. The number of furan rings is 1. The molecule has 2 aromatic heterocycles. The summed E-state index contributed by atoms with van der Waals surface area (Å²) in [5.41, 5.74) is 4.22. The lowest BCUT2D eigenvalue weighted by Gasteiger charge is -2.16. The molecule has 1 amide bonds. The third kappa shape index (κ3) is 3.89. The van der Waals surface area contributed by atoms with Crippen LogP contribution in [0.3, 0.4) is 0 Å². The van der Waals surface area contributed by atoms with Crippen molar-refractivity contribution in [2.24, 2.45) is 0 Å². The van der Waals surface area contributed by atoms with E-state index < -0.39 is 0 Å². The summed E-state index contributed by atoms with van der Waals surface area (Å²) in [6, 6.07) is 17.7. The number of nitrogens with zero attached hydrogens (tertiary/aromatic N) is 2. The second-order valence-corrected chi connectivity index (χ2v) is 7.68. The van der Waals surface area contributed by atoms with Crippen LogP contribution in [0.1, 0.15) is 22.5 Å². The van der Waals surface area contributed by atoms with Gasteiger partial charge in [-0.15, -0.1) is 0 Å². The maximum atomic E-state index is 13.0. The van der Waals surface area contributed by atoms with Gasteiger partial charge in [-0.2, -0.15) is 0 Å². The Hall–Kier alpha value is -3.18. The molecule has 5 heteroatoms. The van der Waals surface area contributed by atoms with Gasteiger partial charge in [0.2, 0.25) is 0 Å². The molecule has 0 saturated carbocycles. The summed E-state index contributed by atoms with van der Waals surface area (Å²) in [4.78, 5) is 19.5. The standard InChI is InChI=1S/C23H20N2O2S/c1-16-13-17(2)22-20(14-16)28-23(24-22)25(15-19-9-6-12-27-19)21(26)11-10-18-7-4-3-5-8-18/h3-14H,15H2,1-2H3/b11-10+. The van der Waals surface area contributed by atoms with E-state index in [4.69, 9.17) is 9.40 Å². The van der Waals surface area contributed by atoms with Crippen molar-refractivity contribution in [2.45, 2.75) is 20.4 Å². The molecule has 0 aliphatic carbocycles. The minimum atomic E-state index is -0.131. The molecule has 0 aliphatic rings. The molecule has 4 nitrogen and oxygen atoms in total. The summed E-state index contributed by atoms with van der Waals surface area (Å²) < 4.78 is 6.55. The first-order chi connectivity index (χ1) is 13.6. The number of aromatic nitrogens is 1. The van der Waals surface area contributed by atoms with E-state index in [1.54, 1.807) is 17.2 Å². The van der Waals surface area contributed by atoms with E-state index in [0.717, 1.165) is 21.3 Å². The second-order valence-electron chi connectivity index (χ2n) is 6.67. The topological polar surface area (TPSA) is 46.3 Å². The van der Waals surface area contributed by atoms with Crippen molar-refractivity contribution < 1.29 is 9.21 Å². The van der Waals surface area contributed by atoms with Gasteiger partial charge in [0.15, 0.2) is 5.13 Å². The highest BCUT2D eigenvalue weighted by atomic mass is 32.1. The molecule has 0 spiro atoms. The van der Waals surface area contributed by atoms with Crippen LogP contribution in [0.2, 0.25) is 0 Å². The molecular weight excluding hydrogens is 368 g/mol. The van der Waals surface area contributed by atoms with E-state index in [9.17, 15) is 4.79 Å². The quantitative estimate of drug-likeness (QED) is 0.409. The number of anilines is 1. The van der Waals surface area contributed by atoms with Crippen molar-refractivity contribution in [1.29, 1.82) is 0 Å². The van der Waals surface area contributed by atoms with Crippen molar-refractivity contribution in [3.63, 3.8) is 0 Å². The monoisotopic (exact) mass is 388 g/mol. The van der Waals surface area contributed by atoms with Gasteiger partial charge in [-0.1, -0.05) is 47.7 Å². The van der Waals surface area contributed by atoms with Gasteiger partial charge in [0.05, 0.1) is 23.0 Å². The van der Waals surface area contributed by atoms with Crippen LogP contribution in [-0.4, -0.2) is 10.9 Å². The average Bonchev–Trinajstić information content (AvgIpc) is 3.34. The Labute approximate surface area is 167 Å². The van der Waals surface area contributed by atoms with Gasteiger partial charge in [-0.05, 0) is 54.8 Å². The van der Waals surface area contributed by atoms with Crippen molar-refractivity contribution >= 4 is 38.7 Å². The first-order valence-electron chi connectivity index (χ1n) is 9.05. The largest absolute Gasteiger partial charge is 0.467 e. The van der Waals surface area contributed by atoms with Crippen LogP contribution in [0.15, 0.2) is 71.4 Å². The number of thiazole rings is 1. The van der Waals surface area contributed by atoms with Gasteiger partial charge in [-0.25, -0.2) is 4.98 Å². The molecule has 2 heterocycles. The fourth-order valence-corrected chi connectivity index (χ4v) is 4.24. The van der Waals surface area contributed by atoms with E-state index in [2.05, 4.69) is 19.1 Å². The molecule has 0 radical (unpaired) electrons. The molecule has 28 heavy (non-hydrogen) atoms. The number of hydrogen-bond acceptors (Lipinski definition) is 4. The van der Waals surface area contributed by atoms with Gasteiger partial charge >= 0.3 is 0 Å². The molecule has 2 aromatic carbocycles. The number of benzene rings is 2. The Morgan fingerprint density at radius 2 is 1.96 bits per heavy atom. The molecule has 4 aromatic rings. The van der Waals surface area contributed by atoms with Crippen LogP contribution in [-0.2, 0) is 11.3 Å². The highest BCUT2D eigenvalue weighted by Crippen LogP contribution is 2.32. The molecule has 0 saturated heterocycles. The number of amides is 1. The molecule has 0 fully saturated rings. The molecule has 0 aliphatic heterocycles. The maximum Gasteiger partial charge on any atom is 0.253 e. The summed E-state index contributed by atoms with van der Waals surface area (Å²) in [6.07, 6.45) is 5.02. The molecular formula is C23H20N2O2S. The number of hydrogen-bond donors (Lipinski definition) is 0. The van der Waals surface area contributed by atoms with Gasteiger partial charge < -0.3 is 4.42 Å². The molecule has 0 unspecified atom stereocenters. The normalized spacial score (nSPS) is 11.4. The molecule has 0 atom stereocenters. The van der Waals surface area contributed by atoms with Crippen LogP contribution < -0.4 is 4.90 Å². The van der Waals surface area contributed by atoms with E-state index >= 15 is 0 Å². The predicted molar refractivity (Wildman–Crippen MR) is 114 cm³/mol. The second kappa shape index (κ2) is 7.82. The number of aryl methyl sites for hydroxylation is 2. The summed E-state index contributed by atoms with van der Waals surface area (Å²) >= 11 is 1.52. The van der Waals surface area contributed by atoms with Gasteiger partial charge in [0.1, 0.15) is 5.76 Å². The summed E-state index contributed by atoms with van der Waals surface area (Å²) in [7, 11) is 0. The van der Waals surface area contributed by atoms with Crippen molar-refractivity contribution in [3.05, 3.63) is 89.4 Å². The van der Waals surface area contributed by atoms with Crippen molar-refractivity contribution in [3.8, 4) is 0 Å². The van der Waals surface area contributed by atoms with E-state index in [1.807, 2.05) is 55.5 Å². The predicted octanol–water partition coefficient (Wildman–Crippen LogP) is 5.75. The first kappa shape index (κ1) is 18.2. The number of carbonyl (C=O) groups is 1. The number of carbonyl (C=O) groups excluding carboxylic acids is 1. The zero-order valence-corrected chi connectivity index (χ0v) is 16.6. The Balaban J connectivity index is 1.70. The number of fused-ring (bicyclic) bond motifs is 1. The summed E-state index contributed by atoms with van der Waals surface area (Å²) in [6.45, 7) is 4.45. The Morgan fingerprint density at radius 3 is 2.71 bits per heavy atom. The van der Waals surface area contributed by atoms with Crippen LogP contribution in [0, 0.1) is 13.8 Å². The smallest absolute Gasteiger partial charge is 0.253 e. The van der Waals surface area contributed by atoms with Crippen LogP contribution in [0.4, 0.5) is 5.13 Å². The van der Waals surface area contributed by atoms with Crippen LogP contribution in [0.25, 0.3) is 16.3 Å². The maximum absolute atomic E-state index is 13.0. The Kier molecular flexibility index (Phi) is 5.08. The van der Waals surface area contributed by atoms with E-state index in [1.165, 1.54) is 16.9 Å². The molecule has 0 N–H and O–H groups in total. The number of rotatable bonds is 5. The van der Waals surface area contributed by atoms with Gasteiger partial charge in [-0.3, -0.25) is 9.69 Å². The van der Waals surface area contributed by atoms with Crippen molar-refractivity contribution in [2.75, 3.05) is 4.90 Å². The zero-order valence-electron chi connectivity index (χ0n) is 15.8. The van der Waals surface area contributed by atoms with E-state index in [-0.39, 0.29) is 5.91 Å². The average molecular weight is 388 g/mol. The lowest BCUT2D eigenvalue weighted by atomic mass is 10.1. The molecule has 0 bridgehead atoms. The highest BCUT2D eigenvalue weighted by Gasteiger charge is 2.20. The van der Waals surface area contributed by atoms with Gasteiger partial charge in [0, 0.05) is 6.08 Å². The molecule has 140 valence electrons. The lowest BCUT2D eigenvalue weighted by molar-refractivity contribution is -0.114. The highest BCUT2D eigenvalue weighted by molar-refractivity contribution is 7.22. The lowest BCUT2D eigenvalue weighted by Crippen LogP contribution is -2.28. The van der Waals surface area contributed by atoms with E-state index in [0.29, 0.717) is 17.4 Å². The fourth-order valence-electron chi connectivity index (χ4n) is 3.09. The zero-order chi connectivity index (χ0) is 19.5. The van der Waals surface area contributed by atoms with Crippen LogP contribution >= 0.6 is 11.3 Å². The summed E-state index contributed by atoms with van der Waals surface area (Å²) in [5, 5.41) is 0.669. The minimum absolute atomic E-state index is 0.131. The Bertz CT molecular complexity index is 1130. The van der Waals surface area contributed by atoms with Gasteiger partial charge in [0.25, 0.3) is 5.91 Å². The van der Waals surface area contributed by atoms with Crippen molar-refractivity contribution in [1.82, 2.24) is 4.98 Å². The van der Waals surface area contributed by atoms with Crippen LogP contribution in [0.5, 0.6) is 0 Å². The third-order valence-corrected chi connectivity index (χ3v) is 5.45. The fraction of sp³-hybridized carbons (Fsp3) is 0.130. The Morgan fingerprint density at radius 1 is 1.14 bits per heavy atom. The SMILES string of the molecule is Cc1cc(C)c2nc(N(Cc3ccco3)C(=O)/C=C/c3ccccc3)sc2c1. The first-order valence-corrected chi connectivity index (χ1v) is 9.86. The summed E-state index contributed by atoms with van der Waals surface area (Å²) in [5.74, 6) is 0.585. The third-order valence-electron chi connectivity index (χ3n) is 4.43. The molecule has 4 rings (SSSR count).